The van der Waals surface area contributed by atoms with Gasteiger partial charge in [-0.05, 0) is 25.7 Å². The van der Waals surface area contributed by atoms with Crippen LogP contribution in [-0.2, 0) is 9.59 Å². The number of hydrogen-bond donors (Lipinski definition) is 0. The molecule has 4 heteroatoms. The standard InChI is InChI=1S/C16H31NO.C12H23NO/c1-2-3-4-5-6-7-8-9-10-11-14-17-15-12-13-16(17)18;1-2-3-4-5-6-7-10-13-11-8-9-12(13)14/h2-15H2,1H3;2-11H2,1H3. The van der Waals surface area contributed by atoms with Crippen LogP contribution in [0.3, 0.4) is 0 Å². The highest BCUT2D eigenvalue weighted by atomic mass is 16.2. The van der Waals surface area contributed by atoms with Crippen molar-refractivity contribution in [3.05, 3.63) is 0 Å². The Balaban J connectivity index is 0.000000330. The van der Waals surface area contributed by atoms with Gasteiger partial charge in [-0.15, -0.1) is 0 Å². The maximum absolute atomic E-state index is 11.4. The third-order valence-corrected chi connectivity index (χ3v) is 6.91. The fourth-order valence-electron chi connectivity index (χ4n) is 4.75. The van der Waals surface area contributed by atoms with Crippen LogP contribution in [0, 0.1) is 0 Å². The molecule has 32 heavy (non-hydrogen) atoms. The quantitative estimate of drug-likeness (QED) is 0.203. The molecule has 2 rings (SSSR count). The molecule has 2 saturated heterocycles. The zero-order chi connectivity index (χ0) is 23.3. The van der Waals surface area contributed by atoms with Gasteiger partial charge in [-0.25, -0.2) is 0 Å². The first-order chi connectivity index (χ1) is 15.7. The Kier molecular flexibility index (Phi) is 18.6. The summed E-state index contributed by atoms with van der Waals surface area (Å²) in [4.78, 5) is 26.7. The maximum atomic E-state index is 11.4. The van der Waals surface area contributed by atoms with Crippen LogP contribution in [0.1, 0.15) is 142 Å². The van der Waals surface area contributed by atoms with E-state index in [2.05, 4.69) is 13.8 Å². The molecule has 2 amide bonds. The van der Waals surface area contributed by atoms with Gasteiger partial charge >= 0.3 is 0 Å². The highest BCUT2D eigenvalue weighted by Gasteiger charge is 2.19. The summed E-state index contributed by atoms with van der Waals surface area (Å²) in [5.74, 6) is 0.754. The van der Waals surface area contributed by atoms with E-state index in [-0.39, 0.29) is 0 Å². The average molecular weight is 451 g/mol. The molecule has 188 valence electrons. The molecule has 0 bridgehead atoms. The first kappa shape index (κ1) is 29.0. The molecule has 2 fully saturated rings. The van der Waals surface area contributed by atoms with Gasteiger partial charge < -0.3 is 9.80 Å². The van der Waals surface area contributed by atoms with Crippen LogP contribution in [0.5, 0.6) is 0 Å². The van der Waals surface area contributed by atoms with Crippen molar-refractivity contribution in [2.24, 2.45) is 0 Å². The monoisotopic (exact) mass is 450 g/mol. The van der Waals surface area contributed by atoms with Crippen LogP contribution in [0.25, 0.3) is 0 Å². The summed E-state index contributed by atoms with van der Waals surface area (Å²) in [6, 6.07) is 0. The number of carbonyl (C=O) groups excluding carboxylic acids is 2. The normalized spacial score (nSPS) is 16.1. The third kappa shape index (κ3) is 14.9. The smallest absolute Gasteiger partial charge is 0.222 e. The number of unbranched alkanes of at least 4 members (excludes halogenated alkanes) is 14. The second-order valence-corrected chi connectivity index (χ2v) is 9.92. The predicted octanol–water partition coefficient (Wildman–Crippen LogP) is 7.50. The number of carbonyl (C=O) groups is 2. The summed E-state index contributed by atoms with van der Waals surface area (Å²) >= 11 is 0. The summed E-state index contributed by atoms with van der Waals surface area (Å²) in [6.07, 6.45) is 25.3. The van der Waals surface area contributed by atoms with Gasteiger partial charge in [0.1, 0.15) is 0 Å². The van der Waals surface area contributed by atoms with Crippen LogP contribution >= 0.6 is 0 Å². The van der Waals surface area contributed by atoms with Crippen molar-refractivity contribution in [1.29, 1.82) is 0 Å². The van der Waals surface area contributed by atoms with Crippen LogP contribution in [0.4, 0.5) is 0 Å². The van der Waals surface area contributed by atoms with Gasteiger partial charge in [-0.3, -0.25) is 9.59 Å². The van der Waals surface area contributed by atoms with E-state index in [0.29, 0.717) is 11.8 Å². The molecule has 4 nitrogen and oxygen atoms in total. The zero-order valence-corrected chi connectivity index (χ0v) is 21.7. The Bertz CT molecular complexity index is 466. The van der Waals surface area contributed by atoms with Gasteiger partial charge in [0.25, 0.3) is 0 Å². The summed E-state index contributed by atoms with van der Waals surface area (Å²) in [7, 11) is 0. The van der Waals surface area contributed by atoms with Crippen molar-refractivity contribution in [3.63, 3.8) is 0 Å². The Morgan fingerprint density at radius 1 is 0.500 bits per heavy atom. The third-order valence-electron chi connectivity index (χ3n) is 6.91. The SMILES string of the molecule is CCCCCCCCCCCCN1CCCC1=O.CCCCCCCCN1CCCC1=O. The zero-order valence-electron chi connectivity index (χ0n) is 21.7. The number of nitrogens with zero attached hydrogens (tertiary/aromatic N) is 2. The lowest BCUT2D eigenvalue weighted by Crippen LogP contribution is -2.25. The van der Waals surface area contributed by atoms with E-state index in [1.807, 2.05) is 9.80 Å². The number of likely N-dealkylation sites (tertiary alicyclic amines) is 2. The van der Waals surface area contributed by atoms with E-state index in [0.717, 1.165) is 51.9 Å². The molecular formula is C28H54N2O2. The summed E-state index contributed by atoms with van der Waals surface area (Å²) in [6.45, 7) is 8.54. The minimum Gasteiger partial charge on any atom is -0.343 e. The van der Waals surface area contributed by atoms with E-state index in [4.69, 9.17) is 0 Å². The molecule has 0 aliphatic carbocycles. The number of hydrogen-bond acceptors (Lipinski definition) is 2. The molecule has 0 N–H and O–H groups in total. The van der Waals surface area contributed by atoms with Crippen LogP contribution in [0.15, 0.2) is 0 Å². The van der Waals surface area contributed by atoms with Crippen molar-refractivity contribution < 1.29 is 9.59 Å². The Hall–Kier alpha value is -1.06. The minimum atomic E-state index is 0.374. The van der Waals surface area contributed by atoms with E-state index >= 15 is 0 Å². The number of amides is 2. The summed E-state index contributed by atoms with van der Waals surface area (Å²) < 4.78 is 0. The molecule has 2 heterocycles. The molecule has 0 aromatic heterocycles. The topological polar surface area (TPSA) is 40.6 Å². The summed E-state index contributed by atoms with van der Waals surface area (Å²) in [5.41, 5.74) is 0. The van der Waals surface area contributed by atoms with Gasteiger partial charge in [0.2, 0.25) is 11.8 Å². The molecule has 0 unspecified atom stereocenters. The Morgan fingerprint density at radius 2 is 0.812 bits per heavy atom. The predicted molar refractivity (Wildman–Crippen MR) is 137 cm³/mol. The molecule has 2 aliphatic rings. The second-order valence-electron chi connectivity index (χ2n) is 9.92. The van der Waals surface area contributed by atoms with Crippen molar-refractivity contribution in [3.8, 4) is 0 Å². The van der Waals surface area contributed by atoms with Crippen molar-refractivity contribution >= 4 is 11.8 Å². The molecule has 0 radical (unpaired) electrons. The highest BCUT2D eigenvalue weighted by molar-refractivity contribution is 5.78. The molecular weight excluding hydrogens is 396 g/mol. The van der Waals surface area contributed by atoms with Crippen molar-refractivity contribution in [2.45, 2.75) is 142 Å². The van der Waals surface area contributed by atoms with Crippen molar-refractivity contribution in [1.82, 2.24) is 9.80 Å². The van der Waals surface area contributed by atoms with E-state index in [9.17, 15) is 9.59 Å². The van der Waals surface area contributed by atoms with Gasteiger partial charge in [-0.2, -0.15) is 0 Å². The molecule has 0 saturated carbocycles. The van der Waals surface area contributed by atoms with E-state index in [1.54, 1.807) is 0 Å². The van der Waals surface area contributed by atoms with Gasteiger partial charge in [-0.1, -0.05) is 104 Å². The van der Waals surface area contributed by atoms with Crippen LogP contribution in [0.2, 0.25) is 0 Å². The molecule has 0 atom stereocenters. The summed E-state index contributed by atoms with van der Waals surface area (Å²) in [5, 5.41) is 0. The fraction of sp³-hybridized carbons (Fsp3) is 0.929. The molecule has 2 aliphatic heterocycles. The Labute approximate surface area is 199 Å². The van der Waals surface area contributed by atoms with Gasteiger partial charge in [0, 0.05) is 39.0 Å². The maximum Gasteiger partial charge on any atom is 0.222 e. The Morgan fingerprint density at radius 3 is 1.09 bits per heavy atom. The van der Waals surface area contributed by atoms with E-state index < -0.39 is 0 Å². The molecule has 0 aromatic rings. The van der Waals surface area contributed by atoms with Crippen LogP contribution in [-0.4, -0.2) is 47.8 Å². The fourth-order valence-corrected chi connectivity index (χ4v) is 4.75. The van der Waals surface area contributed by atoms with Gasteiger partial charge in [0.15, 0.2) is 0 Å². The lowest BCUT2D eigenvalue weighted by Gasteiger charge is -2.14. The number of rotatable bonds is 18. The van der Waals surface area contributed by atoms with Gasteiger partial charge in [0.05, 0.1) is 0 Å². The van der Waals surface area contributed by atoms with Crippen molar-refractivity contribution in [2.75, 3.05) is 26.2 Å². The highest BCUT2D eigenvalue weighted by Crippen LogP contribution is 2.14. The lowest BCUT2D eigenvalue weighted by molar-refractivity contribution is -0.128. The van der Waals surface area contributed by atoms with Crippen LogP contribution < -0.4 is 0 Å². The minimum absolute atomic E-state index is 0.374. The lowest BCUT2D eigenvalue weighted by atomic mass is 10.1. The first-order valence-corrected chi connectivity index (χ1v) is 14.2. The molecule has 0 aromatic carbocycles. The molecule has 0 spiro atoms. The van der Waals surface area contributed by atoms with E-state index in [1.165, 1.54) is 103 Å². The second kappa shape index (κ2) is 20.5. The first-order valence-electron chi connectivity index (χ1n) is 14.2. The average Bonchev–Trinajstić information content (AvgIpc) is 3.40. The largest absolute Gasteiger partial charge is 0.343 e.